The summed E-state index contributed by atoms with van der Waals surface area (Å²) in [5.74, 6) is 1.17. The summed E-state index contributed by atoms with van der Waals surface area (Å²) in [5.41, 5.74) is 3.56. The van der Waals surface area contributed by atoms with E-state index in [0.717, 1.165) is 68.0 Å². The van der Waals surface area contributed by atoms with Crippen LogP contribution in [0.5, 0.6) is 0 Å². The number of nitrogens with one attached hydrogen (secondary N) is 2. The standard InChI is InChI=1S/C20H26FN7/c1-3-11-28-18-17(16(4-2)26-28)24-20(27-12-9-22-10-13-27)25-19(18)23-15-7-5-14(21)6-8-15/h5-8,22H,3-4,9-13H2,1-2H3,(H,23,24,25). The zero-order chi connectivity index (χ0) is 19.5. The fraction of sp³-hybridized carbons (Fsp3) is 0.450. The van der Waals surface area contributed by atoms with Crippen molar-refractivity contribution in [3.05, 3.63) is 35.8 Å². The number of halogens is 1. The number of aromatic nitrogens is 4. The number of anilines is 3. The first-order valence-corrected chi connectivity index (χ1v) is 9.95. The normalized spacial score (nSPS) is 14.6. The predicted octanol–water partition coefficient (Wildman–Crippen LogP) is 3.09. The van der Waals surface area contributed by atoms with Crippen LogP contribution in [0.25, 0.3) is 11.0 Å². The molecule has 1 aliphatic rings. The Morgan fingerprint density at radius 1 is 1.11 bits per heavy atom. The molecular weight excluding hydrogens is 357 g/mol. The molecule has 1 fully saturated rings. The number of hydrogen-bond donors (Lipinski definition) is 2. The zero-order valence-corrected chi connectivity index (χ0v) is 16.4. The van der Waals surface area contributed by atoms with Crippen LogP contribution in [-0.4, -0.2) is 45.9 Å². The van der Waals surface area contributed by atoms with Gasteiger partial charge in [-0.3, -0.25) is 4.68 Å². The number of piperazine rings is 1. The van der Waals surface area contributed by atoms with Crippen molar-refractivity contribution in [1.82, 2.24) is 25.1 Å². The lowest BCUT2D eigenvalue weighted by Crippen LogP contribution is -2.44. The largest absolute Gasteiger partial charge is 0.338 e. The van der Waals surface area contributed by atoms with E-state index in [1.807, 2.05) is 4.68 Å². The van der Waals surface area contributed by atoms with Crippen molar-refractivity contribution < 1.29 is 4.39 Å². The molecule has 28 heavy (non-hydrogen) atoms. The third-order valence-corrected chi connectivity index (χ3v) is 4.92. The first kappa shape index (κ1) is 18.6. The third-order valence-electron chi connectivity index (χ3n) is 4.92. The van der Waals surface area contributed by atoms with Gasteiger partial charge in [-0.25, -0.2) is 9.37 Å². The molecule has 3 heterocycles. The van der Waals surface area contributed by atoms with Crippen LogP contribution in [-0.2, 0) is 13.0 Å². The van der Waals surface area contributed by atoms with Crippen molar-refractivity contribution in [1.29, 1.82) is 0 Å². The van der Waals surface area contributed by atoms with Crippen LogP contribution in [0.15, 0.2) is 24.3 Å². The lowest BCUT2D eigenvalue weighted by atomic mass is 10.2. The van der Waals surface area contributed by atoms with E-state index in [-0.39, 0.29) is 5.82 Å². The van der Waals surface area contributed by atoms with Crippen molar-refractivity contribution >= 4 is 28.5 Å². The molecule has 0 aliphatic carbocycles. The minimum Gasteiger partial charge on any atom is -0.338 e. The number of fused-ring (bicyclic) bond motifs is 1. The summed E-state index contributed by atoms with van der Waals surface area (Å²) in [6.07, 6.45) is 1.77. The van der Waals surface area contributed by atoms with Crippen molar-refractivity contribution in [2.75, 3.05) is 36.4 Å². The molecule has 3 aromatic rings. The molecule has 4 rings (SSSR count). The quantitative estimate of drug-likeness (QED) is 0.682. The number of benzene rings is 1. The molecule has 1 saturated heterocycles. The molecule has 7 nitrogen and oxygen atoms in total. The highest BCUT2D eigenvalue weighted by atomic mass is 19.1. The van der Waals surface area contributed by atoms with E-state index in [4.69, 9.17) is 15.1 Å². The van der Waals surface area contributed by atoms with E-state index in [1.165, 1.54) is 12.1 Å². The van der Waals surface area contributed by atoms with Gasteiger partial charge in [-0.2, -0.15) is 10.1 Å². The summed E-state index contributed by atoms with van der Waals surface area (Å²) >= 11 is 0. The van der Waals surface area contributed by atoms with Gasteiger partial charge >= 0.3 is 0 Å². The topological polar surface area (TPSA) is 70.9 Å². The Balaban J connectivity index is 1.84. The molecule has 0 unspecified atom stereocenters. The van der Waals surface area contributed by atoms with Gasteiger partial charge in [0.15, 0.2) is 5.82 Å². The summed E-state index contributed by atoms with van der Waals surface area (Å²) in [7, 11) is 0. The van der Waals surface area contributed by atoms with Crippen LogP contribution >= 0.6 is 0 Å². The van der Waals surface area contributed by atoms with Crippen LogP contribution < -0.4 is 15.5 Å². The number of rotatable bonds is 6. The van der Waals surface area contributed by atoms with E-state index in [1.54, 1.807) is 12.1 Å². The molecule has 2 aromatic heterocycles. The van der Waals surface area contributed by atoms with Crippen LogP contribution in [0.1, 0.15) is 26.0 Å². The predicted molar refractivity (Wildman–Crippen MR) is 110 cm³/mol. The highest BCUT2D eigenvalue weighted by Gasteiger charge is 2.21. The van der Waals surface area contributed by atoms with E-state index >= 15 is 0 Å². The number of aryl methyl sites for hydroxylation is 2. The molecule has 0 atom stereocenters. The maximum atomic E-state index is 13.3. The van der Waals surface area contributed by atoms with Gasteiger partial charge in [0.05, 0.1) is 5.69 Å². The third kappa shape index (κ3) is 3.64. The fourth-order valence-corrected chi connectivity index (χ4v) is 3.51. The summed E-state index contributed by atoms with van der Waals surface area (Å²) in [6, 6.07) is 6.32. The first-order chi connectivity index (χ1) is 13.7. The molecule has 2 N–H and O–H groups in total. The minimum absolute atomic E-state index is 0.260. The Kier molecular flexibility index (Phi) is 5.38. The summed E-state index contributed by atoms with van der Waals surface area (Å²) in [4.78, 5) is 11.9. The van der Waals surface area contributed by atoms with E-state index in [2.05, 4.69) is 29.4 Å². The average Bonchev–Trinajstić information content (AvgIpc) is 3.08. The molecule has 0 spiro atoms. The van der Waals surface area contributed by atoms with Gasteiger partial charge < -0.3 is 15.5 Å². The van der Waals surface area contributed by atoms with Crippen LogP contribution in [0.4, 0.5) is 21.8 Å². The minimum atomic E-state index is -0.260. The Morgan fingerprint density at radius 2 is 1.86 bits per heavy atom. The molecule has 1 aromatic carbocycles. The lowest BCUT2D eigenvalue weighted by Gasteiger charge is -2.27. The highest BCUT2D eigenvalue weighted by molar-refractivity contribution is 5.90. The summed E-state index contributed by atoms with van der Waals surface area (Å²) in [5, 5.41) is 11.5. The van der Waals surface area contributed by atoms with Gasteiger partial charge in [0.1, 0.15) is 16.9 Å². The zero-order valence-electron chi connectivity index (χ0n) is 16.4. The molecule has 0 amide bonds. The van der Waals surface area contributed by atoms with E-state index in [9.17, 15) is 4.39 Å². The van der Waals surface area contributed by atoms with E-state index in [0.29, 0.717) is 11.8 Å². The fourth-order valence-electron chi connectivity index (χ4n) is 3.51. The van der Waals surface area contributed by atoms with Crippen molar-refractivity contribution in [3.63, 3.8) is 0 Å². The molecule has 148 valence electrons. The number of hydrogen-bond acceptors (Lipinski definition) is 6. The van der Waals surface area contributed by atoms with Crippen LogP contribution in [0, 0.1) is 5.82 Å². The molecule has 0 radical (unpaired) electrons. The first-order valence-electron chi connectivity index (χ1n) is 9.95. The lowest BCUT2D eigenvalue weighted by molar-refractivity contribution is 0.580. The molecule has 0 saturated carbocycles. The molecular formula is C20H26FN7. The summed E-state index contributed by atoms with van der Waals surface area (Å²) in [6.45, 7) is 8.58. The van der Waals surface area contributed by atoms with Crippen molar-refractivity contribution in [2.24, 2.45) is 0 Å². The van der Waals surface area contributed by atoms with Gasteiger partial charge in [0, 0.05) is 38.4 Å². The second-order valence-electron chi connectivity index (χ2n) is 6.96. The van der Waals surface area contributed by atoms with Gasteiger partial charge in [-0.05, 0) is 37.1 Å². The highest BCUT2D eigenvalue weighted by Crippen LogP contribution is 2.29. The van der Waals surface area contributed by atoms with Crippen molar-refractivity contribution in [3.8, 4) is 0 Å². The van der Waals surface area contributed by atoms with E-state index < -0.39 is 0 Å². The summed E-state index contributed by atoms with van der Waals surface area (Å²) < 4.78 is 15.3. The van der Waals surface area contributed by atoms with Gasteiger partial charge in [0.2, 0.25) is 5.95 Å². The monoisotopic (exact) mass is 383 g/mol. The maximum Gasteiger partial charge on any atom is 0.228 e. The Labute approximate surface area is 164 Å². The van der Waals surface area contributed by atoms with Gasteiger partial charge in [-0.15, -0.1) is 0 Å². The molecule has 0 bridgehead atoms. The maximum absolute atomic E-state index is 13.3. The van der Waals surface area contributed by atoms with Gasteiger partial charge in [-0.1, -0.05) is 13.8 Å². The second kappa shape index (κ2) is 8.10. The smallest absolute Gasteiger partial charge is 0.228 e. The Hall–Kier alpha value is -2.74. The molecule has 1 aliphatic heterocycles. The van der Waals surface area contributed by atoms with Crippen LogP contribution in [0.2, 0.25) is 0 Å². The van der Waals surface area contributed by atoms with Crippen LogP contribution in [0.3, 0.4) is 0 Å². The van der Waals surface area contributed by atoms with Gasteiger partial charge in [0.25, 0.3) is 0 Å². The number of nitrogens with zero attached hydrogens (tertiary/aromatic N) is 5. The Bertz CT molecular complexity index is 945. The Morgan fingerprint density at radius 3 is 2.54 bits per heavy atom. The second-order valence-corrected chi connectivity index (χ2v) is 6.96. The van der Waals surface area contributed by atoms with Crippen molar-refractivity contribution in [2.45, 2.75) is 33.2 Å². The SMILES string of the molecule is CCCn1nc(CC)c2nc(N3CCNCC3)nc(Nc3ccc(F)cc3)c21. The molecule has 8 heteroatoms. The average molecular weight is 383 g/mol.